The molecule has 0 radical (unpaired) electrons. The maximum absolute atomic E-state index is 12.5. The minimum absolute atomic E-state index is 0.299. The van der Waals surface area contributed by atoms with Crippen molar-refractivity contribution in [3.8, 4) is 0 Å². The summed E-state index contributed by atoms with van der Waals surface area (Å²) in [4.78, 5) is 37.6. The van der Waals surface area contributed by atoms with E-state index in [0.717, 1.165) is 9.79 Å². The lowest BCUT2D eigenvalue weighted by Crippen LogP contribution is -2.25. The lowest BCUT2D eigenvalue weighted by Gasteiger charge is -2.09. The molecule has 0 aliphatic carbocycles. The molecule has 0 amide bonds. The average Bonchev–Trinajstić information content (AvgIpc) is 3.30. The van der Waals surface area contributed by atoms with Gasteiger partial charge in [0, 0.05) is 9.79 Å². The Labute approximate surface area is 167 Å². The molecule has 0 aromatic heterocycles. The fourth-order valence-electron chi connectivity index (χ4n) is 2.91. The zero-order chi connectivity index (χ0) is 19.1. The smallest absolute Gasteiger partial charge is 0.312 e. The van der Waals surface area contributed by atoms with Gasteiger partial charge in [-0.15, -0.1) is 0 Å². The molecule has 0 spiro atoms. The number of hydrogen-bond acceptors (Lipinski definition) is 8. The van der Waals surface area contributed by atoms with E-state index in [4.69, 9.17) is 9.68 Å². The van der Waals surface area contributed by atoms with Gasteiger partial charge in [0.15, 0.2) is 0 Å². The molecule has 0 bridgehead atoms. The van der Waals surface area contributed by atoms with Gasteiger partial charge >= 0.3 is 11.9 Å². The number of benzene rings is 3. The van der Waals surface area contributed by atoms with Crippen LogP contribution in [-0.4, -0.2) is 11.9 Å². The molecule has 6 nitrogen and oxygen atoms in total. The number of nitrogens with zero attached hydrogens (tertiary/aromatic N) is 2. The molecule has 3 aromatic rings. The van der Waals surface area contributed by atoms with E-state index in [1.165, 1.54) is 23.5 Å². The van der Waals surface area contributed by atoms with Crippen LogP contribution < -0.4 is 10.7 Å². The van der Waals surface area contributed by atoms with Crippen LogP contribution in [0.2, 0.25) is 0 Å². The standard InChI is InChI=1S/C20H10N2O4S2/c23-19-13-16(22-25-19)18(28-12-9-5-2-6-10-12)14-15(21-26-20(14)24)17(13)27-11-7-3-1-4-8-11/h1-10H. The fraction of sp³-hybridized carbons (Fsp3) is 0. The van der Waals surface area contributed by atoms with E-state index >= 15 is 0 Å². The minimum Gasteiger partial charge on any atom is -0.312 e. The number of hydrogen-bond donors (Lipinski definition) is 0. The van der Waals surface area contributed by atoms with Crippen LogP contribution in [0.25, 0.3) is 0 Å². The average molecular weight is 406 g/mol. The highest BCUT2D eigenvalue weighted by Crippen LogP contribution is 2.34. The number of carbonyl (C=O) groups is 2. The highest BCUT2D eigenvalue weighted by Gasteiger charge is 2.35. The maximum atomic E-state index is 12.5. The van der Waals surface area contributed by atoms with Crippen LogP contribution in [0.4, 0.5) is 0 Å². The predicted molar refractivity (Wildman–Crippen MR) is 101 cm³/mol. The Morgan fingerprint density at radius 3 is 1.39 bits per heavy atom. The third-order valence-electron chi connectivity index (χ3n) is 4.13. The molecule has 0 N–H and O–H groups in total. The monoisotopic (exact) mass is 406 g/mol. The van der Waals surface area contributed by atoms with Gasteiger partial charge in [-0.05, 0) is 24.3 Å². The van der Waals surface area contributed by atoms with Crippen LogP contribution in [0.5, 0.6) is 0 Å². The molecule has 136 valence electrons. The summed E-state index contributed by atoms with van der Waals surface area (Å²) in [6.45, 7) is 0. The van der Waals surface area contributed by atoms with Crippen molar-refractivity contribution < 1.29 is 19.3 Å². The second kappa shape index (κ2) is 6.81. The van der Waals surface area contributed by atoms with Crippen molar-refractivity contribution in [2.75, 3.05) is 0 Å². The zero-order valence-corrected chi connectivity index (χ0v) is 15.8. The Bertz CT molecular complexity index is 1150. The molecule has 0 atom stereocenters. The van der Waals surface area contributed by atoms with Crippen molar-refractivity contribution in [2.24, 2.45) is 10.3 Å². The first-order chi connectivity index (χ1) is 13.7. The molecule has 3 aromatic carbocycles. The van der Waals surface area contributed by atoms with Gasteiger partial charge in [0.1, 0.15) is 21.8 Å². The molecule has 2 aliphatic rings. The van der Waals surface area contributed by atoms with Gasteiger partial charge in [0.2, 0.25) is 0 Å². The molecule has 0 unspecified atom stereocenters. The van der Waals surface area contributed by atoms with Gasteiger partial charge in [-0.25, -0.2) is 9.59 Å². The van der Waals surface area contributed by atoms with Crippen molar-refractivity contribution >= 4 is 35.5 Å². The van der Waals surface area contributed by atoms with Crippen molar-refractivity contribution in [2.45, 2.75) is 19.6 Å². The fourth-order valence-corrected chi connectivity index (χ4v) is 5.00. The number of fused-ring (bicyclic) bond motifs is 2. The Morgan fingerprint density at radius 2 is 1.00 bits per heavy atom. The minimum atomic E-state index is -0.569. The van der Waals surface area contributed by atoms with E-state index in [0.29, 0.717) is 31.6 Å². The number of carbonyl (C=O) groups excluding carboxylic acids is 2. The van der Waals surface area contributed by atoms with Crippen LogP contribution in [-0.2, 0) is 9.68 Å². The second-order valence-electron chi connectivity index (χ2n) is 5.88. The summed E-state index contributed by atoms with van der Waals surface area (Å²) < 4.78 is 0. The van der Waals surface area contributed by atoms with Crippen LogP contribution in [0, 0.1) is 0 Å². The third kappa shape index (κ3) is 2.78. The van der Waals surface area contributed by atoms with E-state index in [9.17, 15) is 9.59 Å². The van der Waals surface area contributed by atoms with Gasteiger partial charge in [-0.1, -0.05) is 70.2 Å². The first-order valence-electron chi connectivity index (χ1n) is 8.27. The predicted octanol–water partition coefficient (Wildman–Crippen LogP) is 3.40. The van der Waals surface area contributed by atoms with Crippen LogP contribution in [0.3, 0.4) is 0 Å². The SMILES string of the molecule is O=C1ON=c2c(Sc3ccccc3)c3c(c(Sc4ccccc4)c21)=NOC3=O. The normalized spacial score (nSPS) is 13.9. The van der Waals surface area contributed by atoms with Crippen LogP contribution in [0.1, 0.15) is 20.7 Å². The van der Waals surface area contributed by atoms with E-state index in [2.05, 4.69) is 10.3 Å². The molecule has 0 saturated heterocycles. The summed E-state index contributed by atoms with van der Waals surface area (Å²) >= 11 is 2.65. The zero-order valence-electron chi connectivity index (χ0n) is 14.1. The Hall–Kier alpha value is -3.10. The lowest BCUT2D eigenvalue weighted by molar-refractivity contribution is 0.0538. The van der Waals surface area contributed by atoms with Gasteiger partial charge in [0.05, 0.1) is 9.79 Å². The van der Waals surface area contributed by atoms with Gasteiger partial charge in [-0.2, -0.15) is 0 Å². The Morgan fingerprint density at radius 1 is 0.607 bits per heavy atom. The Balaban J connectivity index is 1.76. The van der Waals surface area contributed by atoms with E-state index in [1.54, 1.807) is 0 Å². The molecule has 28 heavy (non-hydrogen) atoms. The molecule has 2 aliphatic heterocycles. The van der Waals surface area contributed by atoms with Gasteiger partial charge in [-0.3, -0.25) is 0 Å². The summed E-state index contributed by atoms with van der Waals surface area (Å²) in [6, 6.07) is 19.0. The molecule has 0 fully saturated rings. The summed E-state index contributed by atoms with van der Waals surface area (Å²) in [6.07, 6.45) is 0. The second-order valence-corrected chi connectivity index (χ2v) is 8.04. The summed E-state index contributed by atoms with van der Waals surface area (Å²) in [5.41, 5.74) is 0.598. The van der Waals surface area contributed by atoms with Crippen molar-refractivity contribution in [3.63, 3.8) is 0 Å². The van der Waals surface area contributed by atoms with Crippen molar-refractivity contribution in [1.29, 1.82) is 0 Å². The molecule has 2 heterocycles. The quantitative estimate of drug-likeness (QED) is 0.618. The highest BCUT2D eigenvalue weighted by molar-refractivity contribution is 8.00. The molecule has 8 heteroatoms. The van der Waals surface area contributed by atoms with Gasteiger partial charge < -0.3 is 9.68 Å². The summed E-state index contributed by atoms with van der Waals surface area (Å²) in [5.74, 6) is -1.14. The maximum Gasteiger partial charge on any atom is 0.369 e. The van der Waals surface area contributed by atoms with Crippen LogP contribution >= 0.6 is 23.5 Å². The summed E-state index contributed by atoms with van der Waals surface area (Å²) in [7, 11) is 0. The Kier molecular flexibility index (Phi) is 4.14. The number of rotatable bonds is 4. The highest BCUT2D eigenvalue weighted by atomic mass is 32.2. The largest absolute Gasteiger partial charge is 0.369 e. The van der Waals surface area contributed by atoms with Crippen molar-refractivity contribution in [3.05, 3.63) is 82.5 Å². The first-order valence-corrected chi connectivity index (χ1v) is 9.90. The molecular formula is C20H10N2O4S2. The van der Waals surface area contributed by atoms with Crippen LogP contribution in [0.15, 0.2) is 90.6 Å². The van der Waals surface area contributed by atoms with Crippen molar-refractivity contribution in [1.82, 2.24) is 0 Å². The van der Waals surface area contributed by atoms with E-state index < -0.39 is 11.9 Å². The third-order valence-corrected chi connectivity index (χ3v) is 6.35. The lowest BCUT2D eigenvalue weighted by atomic mass is 10.1. The van der Waals surface area contributed by atoms with E-state index in [1.807, 2.05) is 60.7 Å². The molecule has 5 rings (SSSR count). The topological polar surface area (TPSA) is 77.3 Å². The van der Waals surface area contributed by atoms with E-state index in [-0.39, 0.29) is 0 Å². The first kappa shape index (κ1) is 17.0. The molecule has 0 saturated carbocycles. The van der Waals surface area contributed by atoms with Gasteiger partial charge in [0.25, 0.3) is 0 Å². The molecular weight excluding hydrogens is 396 g/mol. The summed E-state index contributed by atoms with van der Waals surface area (Å²) in [5, 5.41) is 8.59.